The largest absolute Gasteiger partial charge is 0.350 e. The maximum atomic E-state index is 12.5. The molecule has 1 aliphatic rings. The maximum Gasteiger partial charge on any atom is 0.251 e. The van der Waals surface area contributed by atoms with Crippen molar-refractivity contribution in [2.24, 2.45) is 5.92 Å². The van der Waals surface area contributed by atoms with Crippen molar-refractivity contribution in [2.45, 2.75) is 32.7 Å². The summed E-state index contributed by atoms with van der Waals surface area (Å²) in [5.74, 6) is 0.831. The Morgan fingerprint density at radius 1 is 1.28 bits per heavy atom. The van der Waals surface area contributed by atoms with Gasteiger partial charge in [-0.2, -0.15) is 0 Å². The molecule has 25 heavy (non-hydrogen) atoms. The third kappa shape index (κ3) is 5.30. The van der Waals surface area contributed by atoms with Gasteiger partial charge < -0.3 is 5.32 Å². The van der Waals surface area contributed by atoms with Gasteiger partial charge in [-0.25, -0.2) is 0 Å². The van der Waals surface area contributed by atoms with Crippen molar-refractivity contribution in [1.29, 1.82) is 0 Å². The first-order valence-electron chi connectivity index (χ1n) is 8.76. The summed E-state index contributed by atoms with van der Waals surface area (Å²) in [5.41, 5.74) is 1.86. The molecule has 1 aromatic carbocycles. The van der Waals surface area contributed by atoms with E-state index in [0.29, 0.717) is 6.54 Å². The van der Waals surface area contributed by atoms with E-state index in [1.54, 1.807) is 11.3 Å². The zero-order chi connectivity index (χ0) is 16.9. The summed E-state index contributed by atoms with van der Waals surface area (Å²) in [6, 6.07) is 12.3. The van der Waals surface area contributed by atoms with Crippen LogP contribution in [0.2, 0.25) is 0 Å². The fourth-order valence-electron chi connectivity index (χ4n) is 3.31. The number of halogens is 1. The van der Waals surface area contributed by atoms with Gasteiger partial charge in [-0.15, -0.1) is 23.7 Å². The summed E-state index contributed by atoms with van der Waals surface area (Å²) in [4.78, 5) is 16.4. The number of thiophene rings is 1. The van der Waals surface area contributed by atoms with E-state index in [0.717, 1.165) is 30.1 Å². The molecule has 3 nitrogen and oxygen atoms in total. The number of hydrogen-bond acceptors (Lipinski definition) is 3. The lowest BCUT2D eigenvalue weighted by Crippen LogP contribution is -2.41. The number of carbonyl (C=O) groups is 1. The molecular formula is C20H27ClN2OS. The van der Waals surface area contributed by atoms with Crippen molar-refractivity contribution in [1.82, 2.24) is 10.2 Å². The van der Waals surface area contributed by atoms with Crippen molar-refractivity contribution in [3.8, 4) is 0 Å². The Labute approximate surface area is 160 Å². The number of nitrogens with one attached hydrogen (secondary N) is 1. The molecule has 2 aromatic rings. The van der Waals surface area contributed by atoms with Crippen LogP contribution in [-0.2, 0) is 0 Å². The van der Waals surface area contributed by atoms with Crippen LogP contribution in [-0.4, -0.2) is 30.4 Å². The molecule has 5 heteroatoms. The smallest absolute Gasteiger partial charge is 0.251 e. The van der Waals surface area contributed by atoms with E-state index < -0.39 is 0 Å². The van der Waals surface area contributed by atoms with Crippen LogP contribution >= 0.6 is 23.7 Å². The summed E-state index contributed by atoms with van der Waals surface area (Å²) in [6.07, 6.45) is 2.49. The molecule has 0 spiro atoms. The lowest BCUT2D eigenvalue weighted by atomic mass is 9.97. The van der Waals surface area contributed by atoms with Gasteiger partial charge in [-0.1, -0.05) is 30.7 Å². The second-order valence-electron chi connectivity index (χ2n) is 6.83. The van der Waals surface area contributed by atoms with Crippen molar-refractivity contribution in [2.75, 3.05) is 19.6 Å². The number of amides is 1. The Morgan fingerprint density at radius 2 is 2.04 bits per heavy atom. The third-order valence-corrected chi connectivity index (χ3v) is 5.84. The van der Waals surface area contributed by atoms with Crippen LogP contribution in [0.4, 0.5) is 0 Å². The number of aryl methyl sites for hydroxylation is 1. The van der Waals surface area contributed by atoms with Crippen LogP contribution in [0, 0.1) is 12.8 Å². The predicted molar refractivity (Wildman–Crippen MR) is 108 cm³/mol. The van der Waals surface area contributed by atoms with Gasteiger partial charge in [0.15, 0.2) is 0 Å². The molecule has 0 radical (unpaired) electrons. The van der Waals surface area contributed by atoms with Crippen LogP contribution < -0.4 is 5.32 Å². The molecule has 1 aromatic heterocycles. The Bertz CT molecular complexity index is 666. The van der Waals surface area contributed by atoms with Crippen LogP contribution in [0.15, 0.2) is 41.8 Å². The van der Waals surface area contributed by atoms with Crippen LogP contribution in [0.1, 0.15) is 46.6 Å². The van der Waals surface area contributed by atoms with Gasteiger partial charge in [0.1, 0.15) is 0 Å². The average molecular weight is 379 g/mol. The predicted octanol–water partition coefficient (Wildman–Crippen LogP) is 4.68. The van der Waals surface area contributed by atoms with Crippen LogP contribution in [0.25, 0.3) is 0 Å². The van der Waals surface area contributed by atoms with Gasteiger partial charge in [-0.3, -0.25) is 9.69 Å². The fraction of sp³-hybridized carbons (Fsp3) is 0.450. The van der Waals surface area contributed by atoms with Gasteiger partial charge in [-0.05, 0) is 62.4 Å². The van der Waals surface area contributed by atoms with Crippen molar-refractivity contribution in [3.63, 3.8) is 0 Å². The molecule has 1 unspecified atom stereocenters. The molecule has 136 valence electrons. The Kier molecular flexibility index (Phi) is 7.48. The van der Waals surface area contributed by atoms with E-state index >= 15 is 0 Å². The summed E-state index contributed by atoms with van der Waals surface area (Å²) in [5, 5.41) is 5.27. The van der Waals surface area contributed by atoms with Crippen LogP contribution in [0.5, 0.6) is 0 Å². The second-order valence-corrected chi connectivity index (χ2v) is 7.81. The SMILES string of the molecule is Cc1cccc(C(=O)NCC(c2cccs2)N2CCC(C)CC2)c1.Cl. The Hall–Kier alpha value is -1.36. The van der Waals surface area contributed by atoms with Gasteiger partial charge in [0.25, 0.3) is 5.91 Å². The summed E-state index contributed by atoms with van der Waals surface area (Å²) < 4.78 is 0. The third-order valence-electron chi connectivity index (χ3n) is 4.87. The maximum absolute atomic E-state index is 12.5. The van der Waals surface area contributed by atoms with Gasteiger partial charge >= 0.3 is 0 Å². The van der Waals surface area contributed by atoms with E-state index in [-0.39, 0.29) is 24.4 Å². The van der Waals surface area contributed by atoms with Gasteiger partial charge in [0.2, 0.25) is 0 Å². The molecule has 1 saturated heterocycles. The zero-order valence-corrected chi connectivity index (χ0v) is 16.5. The molecule has 1 N–H and O–H groups in total. The molecule has 0 bridgehead atoms. The highest BCUT2D eigenvalue weighted by Gasteiger charge is 2.25. The number of benzene rings is 1. The second kappa shape index (κ2) is 9.37. The van der Waals surface area contributed by atoms with E-state index in [4.69, 9.17) is 0 Å². The molecule has 1 amide bonds. The lowest BCUT2D eigenvalue weighted by molar-refractivity contribution is 0.0915. The van der Waals surface area contributed by atoms with E-state index in [1.807, 2.05) is 31.2 Å². The molecular weight excluding hydrogens is 352 g/mol. The lowest BCUT2D eigenvalue weighted by Gasteiger charge is -2.36. The minimum Gasteiger partial charge on any atom is -0.350 e. The van der Waals surface area contributed by atoms with Crippen molar-refractivity contribution >= 4 is 29.7 Å². The highest BCUT2D eigenvalue weighted by molar-refractivity contribution is 7.10. The van der Waals surface area contributed by atoms with E-state index in [1.165, 1.54) is 17.7 Å². The number of nitrogens with zero attached hydrogens (tertiary/aromatic N) is 1. The molecule has 0 aliphatic carbocycles. The van der Waals surface area contributed by atoms with Gasteiger partial charge in [0.05, 0.1) is 6.04 Å². The van der Waals surface area contributed by atoms with Gasteiger partial charge in [0, 0.05) is 17.0 Å². The number of hydrogen-bond donors (Lipinski definition) is 1. The zero-order valence-electron chi connectivity index (χ0n) is 14.9. The minimum atomic E-state index is 0. The molecule has 1 fully saturated rings. The molecule has 1 atom stereocenters. The molecule has 1 aliphatic heterocycles. The summed E-state index contributed by atoms with van der Waals surface area (Å²) in [6.45, 7) is 7.24. The standard InChI is InChI=1S/C20H26N2OS.ClH/c1-15-8-10-22(11-9-15)18(19-7-4-12-24-19)14-21-20(23)17-6-3-5-16(2)13-17;/h3-7,12-13,15,18H,8-11,14H2,1-2H3,(H,21,23);1H. The highest BCUT2D eigenvalue weighted by Crippen LogP contribution is 2.29. The molecule has 2 heterocycles. The first-order valence-corrected chi connectivity index (χ1v) is 9.64. The highest BCUT2D eigenvalue weighted by atomic mass is 35.5. The number of piperidine rings is 1. The monoisotopic (exact) mass is 378 g/mol. The fourth-order valence-corrected chi connectivity index (χ4v) is 4.17. The first-order chi connectivity index (χ1) is 11.6. The normalized spacial score (nSPS) is 16.9. The molecule has 0 saturated carbocycles. The Morgan fingerprint density at radius 3 is 2.68 bits per heavy atom. The Balaban J connectivity index is 0.00000225. The number of carbonyl (C=O) groups excluding carboxylic acids is 1. The average Bonchev–Trinajstić information content (AvgIpc) is 3.11. The molecule has 3 rings (SSSR count). The van der Waals surface area contributed by atoms with E-state index in [9.17, 15) is 4.79 Å². The first kappa shape index (κ1) is 20.0. The quantitative estimate of drug-likeness (QED) is 0.819. The summed E-state index contributed by atoms with van der Waals surface area (Å²) >= 11 is 1.78. The van der Waals surface area contributed by atoms with Crippen molar-refractivity contribution in [3.05, 3.63) is 57.8 Å². The minimum absolute atomic E-state index is 0. The number of rotatable bonds is 5. The summed E-state index contributed by atoms with van der Waals surface area (Å²) in [7, 11) is 0. The number of likely N-dealkylation sites (tertiary alicyclic amines) is 1. The van der Waals surface area contributed by atoms with Crippen molar-refractivity contribution < 1.29 is 4.79 Å². The topological polar surface area (TPSA) is 32.3 Å². The van der Waals surface area contributed by atoms with E-state index in [2.05, 4.69) is 34.7 Å². The van der Waals surface area contributed by atoms with Crippen LogP contribution in [0.3, 0.4) is 0 Å².